The molecule has 0 spiro atoms. The molecule has 0 amide bonds. The molecule has 0 heterocycles. The summed E-state index contributed by atoms with van der Waals surface area (Å²) in [6.45, 7) is 7.64. The summed E-state index contributed by atoms with van der Waals surface area (Å²) in [5.74, 6) is 0. The Morgan fingerprint density at radius 3 is 2.26 bits per heavy atom. The minimum atomic E-state index is -0.0141. The summed E-state index contributed by atoms with van der Waals surface area (Å²) >= 11 is 0. The average Bonchev–Trinajstić information content (AvgIpc) is 2.85. The van der Waals surface area contributed by atoms with Gasteiger partial charge in [0.2, 0.25) is 0 Å². The van der Waals surface area contributed by atoms with E-state index in [1.807, 2.05) is 7.11 Å². The fourth-order valence-electron chi connectivity index (χ4n) is 3.50. The molecule has 0 aromatic heterocycles. The van der Waals surface area contributed by atoms with Gasteiger partial charge in [-0.3, -0.25) is 0 Å². The van der Waals surface area contributed by atoms with Crippen molar-refractivity contribution in [3.8, 4) is 0 Å². The molecule has 3 nitrogen and oxygen atoms in total. The van der Waals surface area contributed by atoms with Crippen LogP contribution in [0.2, 0.25) is 0 Å². The molecule has 0 aromatic carbocycles. The second kappa shape index (κ2) is 7.05. The van der Waals surface area contributed by atoms with Crippen molar-refractivity contribution in [1.82, 2.24) is 10.2 Å². The van der Waals surface area contributed by atoms with Crippen LogP contribution in [0.1, 0.15) is 59.3 Å². The lowest BCUT2D eigenvalue weighted by atomic mass is 9.82. The maximum Gasteiger partial charge on any atom is 0.0623 e. The molecule has 1 atom stereocenters. The molecule has 114 valence electrons. The summed E-state index contributed by atoms with van der Waals surface area (Å²) in [7, 11) is 6.31. The molecular weight excluding hydrogens is 236 g/mol. The third-order valence-electron chi connectivity index (χ3n) is 5.05. The van der Waals surface area contributed by atoms with E-state index in [1.165, 1.54) is 32.1 Å². The Labute approximate surface area is 120 Å². The molecule has 1 aliphatic carbocycles. The van der Waals surface area contributed by atoms with Crippen LogP contribution in [0.5, 0.6) is 0 Å². The van der Waals surface area contributed by atoms with Crippen molar-refractivity contribution in [2.24, 2.45) is 0 Å². The largest absolute Gasteiger partial charge is 0.379 e. The number of nitrogens with one attached hydrogen (secondary N) is 1. The predicted molar refractivity (Wildman–Crippen MR) is 82.7 cm³/mol. The van der Waals surface area contributed by atoms with E-state index in [0.717, 1.165) is 13.0 Å². The number of ether oxygens (including phenoxy) is 1. The van der Waals surface area contributed by atoms with Crippen molar-refractivity contribution < 1.29 is 4.74 Å². The SMILES string of the molecule is CCNC(CCC(C)(C)OC)C1(N(C)C)CCCC1. The normalized spacial score (nSPS) is 21.0. The van der Waals surface area contributed by atoms with Gasteiger partial charge in [0.25, 0.3) is 0 Å². The van der Waals surface area contributed by atoms with Crippen LogP contribution in [0, 0.1) is 0 Å². The minimum Gasteiger partial charge on any atom is -0.379 e. The molecule has 0 aliphatic heterocycles. The van der Waals surface area contributed by atoms with Gasteiger partial charge in [-0.25, -0.2) is 0 Å². The highest BCUT2D eigenvalue weighted by Crippen LogP contribution is 2.38. The highest BCUT2D eigenvalue weighted by molar-refractivity contribution is 5.02. The summed E-state index contributed by atoms with van der Waals surface area (Å²) in [4.78, 5) is 2.47. The van der Waals surface area contributed by atoms with Crippen molar-refractivity contribution in [2.45, 2.75) is 76.5 Å². The lowest BCUT2D eigenvalue weighted by Crippen LogP contribution is -2.57. The topological polar surface area (TPSA) is 24.5 Å². The van der Waals surface area contributed by atoms with Crippen molar-refractivity contribution in [3.05, 3.63) is 0 Å². The van der Waals surface area contributed by atoms with Crippen LogP contribution in [0.4, 0.5) is 0 Å². The van der Waals surface area contributed by atoms with E-state index in [-0.39, 0.29) is 5.60 Å². The van der Waals surface area contributed by atoms with Gasteiger partial charge in [0.15, 0.2) is 0 Å². The molecule has 0 radical (unpaired) electrons. The summed E-state index contributed by atoms with van der Waals surface area (Å²) < 4.78 is 5.58. The predicted octanol–water partition coefficient (Wildman–Crippen LogP) is 3.04. The lowest BCUT2D eigenvalue weighted by Gasteiger charge is -2.44. The molecule has 0 saturated heterocycles. The van der Waals surface area contributed by atoms with Gasteiger partial charge in [0.1, 0.15) is 0 Å². The second-order valence-corrected chi connectivity index (χ2v) is 6.82. The first kappa shape index (κ1) is 16.9. The van der Waals surface area contributed by atoms with Crippen molar-refractivity contribution >= 4 is 0 Å². The third-order valence-corrected chi connectivity index (χ3v) is 5.05. The van der Waals surface area contributed by atoms with E-state index >= 15 is 0 Å². The zero-order valence-corrected chi connectivity index (χ0v) is 13.9. The molecule has 0 bridgehead atoms. The Hall–Kier alpha value is -0.120. The Morgan fingerprint density at radius 1 is 1.26 bits per heavy atom. The van der Waals surface area contributed by atoms with E-state index in [1.54, 1.807) is 0 Å². The molecular formula is C16H34N2O. The smallest absolute Gasteiger partial charge is 0.0623 e. The molecule has 1 saturated carbocycles. The Balaban J connectivity index is 2.74. The molecule has 1 unspecified atom stereocenters. The minimum absolute atomic E-state index is 0.0141. The molecule has 1 fully saturated rings. The Bertz CT molecular complexity index is 257. The number of likely N-dealkylation sites (N-methyl/N-ethyl adjacent to an activating group) is 2. The van der Waals surface area contributed by atoms with E-state index in [9.17, 15) is 0 Å². The van der Waals surface area contributed by atoms with Crippen LogP contribution in [0.3, 0.4) is 0 Å². The summed E-state index contributed by atoms with van der Waals surface area (Å²) in [6, 6.07) is 0.574. The highest BCUT2D eigenvalue weighted by Gasteiger charge is 2.42. The first-order valence-corrected chi connectivity index (χ1v) is 7.84. The van der Waals surface area contributed by atoms with E-state index < -0.39 is 0 Å². The van der Waals surface area contributed by atoms with Gasteiger partial charge in [-0.2, -0.15) is 0 Å². The fourth-order valence-corrected chi connectivity index (χ4v) is 3.50. The van der Waals surface area contributed by atoms with Gasteiger partial charge in [0, 0.05) is 18.7 Å². The second-order valence-electron chi connectivity index (χ2n) is 6.82. The molecule has 0 aromatic rings. The summed E-state index contributed by atoms with van der Waals surface area (Å²) in [6.07, 6.45) is 7.68. The number of nitrogens with zero attached hydrogens (tertiary/aromatic N) is 1. The molecule has 3 heteroatoms. The standard InChI is InChI=1S/C16H34N2O/c1-7-17-14(10-13-15(2,3)19-6)16(18(4)5)11-8-9-12-16/h14,17H,7-13H2,1-6H3. The Kier molecular flexibility index (Phi) is 6.28. The van der Waals surface area contributed by atoms with E-state index in [0.29, 0.717) is 11.6 Å². The van der Waals surface area contributed by atoms with Crippen molar-refractivity contribution in [1.29, 1.82) is 0 Å². The molecule has 1 rings (SSSR count). The highest BCUT2D eigenvalue weighted by atomic mass is 16.5. The lowest BCUT2D eigenvalue weighted by molar-refractivity contribution is 0.00389. The van der Waals surface area contributed by atoms with Crippen LogP contribution in [-0.4, -0.2) is 49.8 Å². The molecule has 1 N–H and O–H groups in total. The molecule has 19 heavy (non-hydrogen) atoms. The average molecular weight is 270 g/mol. The van der Waals surface area contributed by atoms with Crippen LogP contribution in [0.15, 0.2) is 0 Å². The van der Waals surface area contributed by atoms with E-state index in [2.05, 4.69) is 45.1 Å². The van der Waals surface area contributed by atoms with Crippen LogP contribution in [-0.2, 0) is 4.74 Å². The molecule has 1 aliphatic rings. The zero-order chi connectivity index (χ0) is 14.5. The van der Waals surface area contributed by atoms with E-state index in [4.69, 9.17) is 4.74 Å². The van der Waals surface area contributed by atoms with Gasteiger partial charge < -0.3 is 15.0 Å². The number of hydrogen-bond acceptors (Lipinski definition) is 3. The van der Waals surface area contributed by atoms with Crippen LogP contribution < -0.4 is 5.32 Å². The summed E-state index contributed by atoms with van der Waals surface area (Å²) in [5, 5.41) is 3.75. The number of methoxy groups -OCH3 is 1. The van der Waals surface area contributed by atoms with Gasteiger partial charge >= 0.3 is 0 Å². The number of rotatable bonds is 8. The van der Waals surface area contributed by atoms with Crippen LogP contribution in [0.25, 0.3) is 0 Å². The van der Waals surface area contributed by atoms with Crippen molar-refractivity contribution in [2.75, 3.05) is 27.7 Å². The van der Waals surface area contributed by atoms with Crippen molar-refractivity contribution in [3.63, 3.8) is 0 Å². The maximum atomic E-state index is 5.58. The fraction of sp³-hybridized carbons (Fsp3) is 1.00. The zero-order valence-electron chi connectivity index (χ0n) is 13.9. The maximum absolute atomic E-state index is 5.58. The summed E-state index contributed by atoms with van der Waals surface area (Å²) in [5.41, 5.74) is 0.333. The van der Waals surface area contributed by atoms with Gasteiger partial charge in [-0.05, 0) is 60.2 Å². The van der Waals surface area contributed by atoms with Gasteiger partial charge in [-0.15, -0.1) is 0 Å². The Morgan fingerprint density at radius 2 is 1.84 bits per heavy atom. The first-order valence-electron chi connectivity index (χ1n) is 7.84. The van der Waals surface area contributed by atoms with Gasteiger partial charge in [-0.1, -0.05) is 19.8 Å². The number of hydrogen-bond donors (Lipinski definition) is 1. The van der Waals surface area contributed by atoms with Gasteiger partial charge in [0.05, 0.1) is 5.60 Å². The van der Waals surface area contributed by atoms with Crippen LogP contribution >= 0.6 is 0 Å². The quantitative estimate of drug-likeness (QED) is 0.733. The third kappa shape index (κ3) is 4.17. The first-order chi connectivity index (χ1) is 8.88. The monoisotopic (exact) mass is 270 g/mol.